The Bertz CT molecular complexity index is 791. The van der Waals surface area contributed by atoms with Crippen LogP contribution in [-0.4, -0.2) is 32.5 Å². The third kappa shape index (κ3) is 3.54. The van der Waals surface area contributed by atoms with Gasteiger partial charge >= 0.3 is 0 Å². The molecule has 23 heavy (non-hydrogen) atoms. The lowest BCUT2D eigenvalue weighted by Gasteiger charge is -2.18. The minimum atomic E-state index is -3.49. The summed E-state index contributed by atoms with van der Waals surface area (Å²) in [6.07, 6.45) is 2.53. The van der Waals surface area contributed by atoms with Crippen LogP contribution in [-0.2, 0) is 10.0 Å². The number of aromatic nitrogens is 1. The molecule has 1 aromatic heterocycles. The Kier molecular flexibility index (Phi) is 4.37. The maximum absolute atomic E-state index is 12.5. The predicted molar refractivity (Wildman–Crippen MR) is 91.1 cm³/mol. The standard InChI is InChI=1S/C17H21N3O2S/c1-13-6-7-16(11-14(13)2)23(21,22)19-15-8-10-20(12-15)17-5-3-4-9-18-17/h3-7,9,11,15,19H,8,10,12H2,1-2H3. The molecular weight excluding hydrogens is 310 g/mol. The number of nitrogens with zero attached hydrogens (tertiary/aromatic N) is 2. The number of aryl methyl sites for hydroxylation is 2. The van der Waals surface area contributed by atoms with Crippen molar-refractivity contribution in [2.24, 2.45) is 0 Å². The molecule has 122 valence electrons. The van der Waals surface area contributed by atoms with Crippen LogP contribution in [0.3, 0.4) is 0 Å². The number of pyridine rings is 1. The lowest BCUT2D eigenvalue weighted by molar-refractivity contribution is 0.561. The number of nitrogens with one attached hydrogen (secondary N) is 1. The molecule has 1 fully saturated rings. The van der Waals surface area contributed by atoms with Crippen molar-refractivity contribution >= 4 is 15.8 Å². The fraction of sp³-hybridized carbons (Fsp3) is 0.353. The van der Waals surface area contributed by atoms with Gasteiger partial charge < -0.3 is 4.90 Å². The van der Waals surface area contributed by atoms with Gasteiger partial charge in [-0.1, -0.05) is 12.1 Å². The van der Waals surface area contributed by atoms with E-state index in [1.165, 1.54) is 0 Å². The van der Waals surface area contributed by atoms with E-state index >= 15 is 0 Å². The zero-order chi connectivity index (χ0) is 16.4. The van der Waals surface area contributed by atoms with E-state index in [9.17, 15) is 8.42 Å². The molecule has 2 aromatic rings. The molecule has 0 amide bonds. The second-order valence-corrected chi connectivity index (χ2v) is 7.70. The Morgan fingerprint density at radius 1 is 1.17 bits per heavy atom. The van der Waals surface area contributed by atoms with Crippen molar-refractivity contribution in [3.63, 3.8) is 0 Å². The van der Waals surface area contributed by atoms with E-state index in [0.29, 0.717) is 11.4 Å². The highest BCUT2D eigenvalue weighted by atomic mass is 32.2. The van der Waals surface area contributed by atoms with E-state index in [1.54, 1.807) is 18.3 Å². The number of anilines is 1. The molecule has 1 saturated heterocycles. The molecule has 1 N–H and O–H groups in total. The van der Waals surface area contributed by atoms with Crippen LogP contribution in [0.4, 0.5) is 5.82 Å². The van der Waals surface area contributed by atoms with Crippen LogP contribution in [0.25, 0.3) is 0 Å². The summed E-state index contributed by atoms with van der Waals surface area (Å²) in [5.41, 5.74) is 2.07. The van der Waals surface area contributed by atoms with Gasteiger partial charge in [0.05, 0.1) is 4.90 Å². The van der Waals surface area contributed by atoms with Gasteiger partial charge in [-0.05, 0) is 55.7 Å². The van der Waals surface area contributed by atoms with E-state index in [-0.39, 0.29) is 6.04 Å². The normalized spacial score (nSPS) is 18.3. The summed E-state index contributed by atoms with van der Waals surface area (Å²) < 4.78 is 27.9. The van der Waals surface area contributed by atoms with Gasteiger partial charge in [-0.25, -0.2) is 18.1 Å². The smallest absolute Gasteiger partial charge is 0.240 e. The van der Waals surface area contributed by atoms with Crippen molar-refractivity contribution in [2.75, 3.05) is 18.0 Å². The first-order valence-electron chi connectivity index (χ1n) is 7.71. The van der Waals surface area contributed by atoms with Gasteiger partial charge in [0.1, 0.15) is 5.82 Å². The number of rotatable bonds is 4. The summed E-state index contributed by atoms with van der Waals surface area (Å²) in [4.78, 5) is 6.76. The molecule has 0 bridgehead atoms. The second-order valence-electron chi connectivity index (χ2n) is 5.99. The van der Waals surface area contributed by atoms with E-state index in [4.69, 9.17) is 0 Å². The predicted octanol–water partition coefficient (Wildman–Crippen LogP) is 2.26. The van der Waals surface area contributed by atoms with Crippen molar-refractivity contribution in [1.29, 1.82) is 0 Å². The first-order valence-corrected chi connectivity index (χ1v) is 9.19. The highest BCUT2D eigenvalue weighted by Crippen LogP contribution is 2.20. The van der Waals surface area contributed by atoms with Crippen LogP contribution in [0.5, 0.6) is 0 Å². The quantitative estimate of drug-likeness (QED) is 0.933. The Balaban J connectivity index is 1.71. The summed E-state index contributed by atoms with van der Waals surface area (Å²) in [5.74, 6) is 0.889. The van der Waals surface area contributed by atoms with Gasteiger partial charge in [-0.15, -0.1) is 0 Å². The van der Waals surface area contributed by atoms with Crippen molar-refractivity contribution in [3.05, 3.63) is 53.7 Å². The number of benzene rings is 1. The van der Waals surface area contributed by atoms with Crippen LogP contribution < -0.4 is 9.62 Å². The molecule has 0 aliphatic carbocycles. The third-order valence-electron chi connectivity index (χ3n) is 4.27. The van der Waals surface area contributed by atoms with Gasteiger partial charge in [-0.2, -0.15) is 0 Å². The molecule has 2 heterocycles. The first-order chi connectivity index (χ1) is 11.0. The fourth-order valence-electron chi connectivity index (χ4n) is 2.77. The zero-order valence-electron chi connectivity index (χ0n) is 13.4. The number of hydrogen-bond acceptors (Lipinski definition) is 4. The molecule has 6 heteroatoms. The highest BCUT2D eigenvalue weighted by molar-refractivity contribution is 7.89. The Morgan fingerprint density at radius 2 is 2.00 bits per heavy atom. The fourth-order valence-corrected chi connectivity index (χ4v) is 4.12. The van der Waals surface area contributed by atoms with Crippen LogP contribution in [0.1, 0.15) is 17.5 Å². The third-order valence-corrected chi connectivity index (χ3v) is 5.79. The summed E-state index contributed by atoms with van der Waals surface area (Å²) in [7, 11) is -3.49. The maximum atomic E-state index is 12.5. The van der Waals surface area contributed by atoms with Gasteiger partial charge in [0.2, 0.25) is 10.0 Å². The average molecular weight is 331 g/mol. The average Bonchev–Trinajstić information content (AvgIpc) is 2.98. The number of hydrogen-bond donors (Lipinski definition) is 1. The zero-order valence-corrected chi connectivity index (χ0v) is 14.2. The molecule has 0 saturated carbocycles. The SMILES string of the molecule is Cc1ccc(S(=O)(=O)NC2CCN(c3ccccn3)C2)cc1C. The highest BCUT2D eigenvalue weighted by Gasteiger charge is 2.28. The second kappa shape index (κ2) is 6.29. The van der Waals surface area contributed by atoms with Crippen LogP contribution in [0, 0.1) is 13.8 Å². The largest absolute Gasteiger partial charge is 0.355 e. The Morgan fingerprint density at radius 3 is 2.70 bits per heavy atom. The molecule has 3 rings (SSSR count). The first kappa shape index (κ1) is 16.0. The van der Waals surface area contributed by atoms with E-state index in [2.05, 4.69) is 14.6 Å². The van der Waals surface area contributed by atoms with E-state index in [0.717, 1.165) is 29.9 Å². The Labute approximate surface area is 137 Å². The van der Waals surface area contributed by atoms with E-state index in [1.807, 2.05) is 38.1 Å². The lowest BCUT2D eigenvalue weighted by atomic mass is 10.1. The van der Waals surface area contributed by atoms with E-state index < -0.39 is 10.0 Å². The molecule has 0 spiro atoms. The van der Waals surface area contributed by atoms with Gasteiger partial charge in [-0.3, -0.25) is 0 Å². The monoisotopic (exact) mass is 331 g/mol. The molecule has 1 aliphatic heterocycles. The Hall–Kier alpha value is -1.92. The molecule has 1 atom stereocenters. The molecule has 1 aromatic carbocycles. The topological polar surface area (TPSA) is 62.3 Å². The molecule has 1 unspecified atom stereocenters. The molecule has 0 radical (unpaired) electrons. The van der Waals surface area contributed by atoms with Gasteiger partial charge in [0.15, 0.2) is 0 Å². The van der Waals surface area contributed by atoms with Crippen LogP contribution in [0.2, 0.25) is 0 Å². The summed E-state index contributed by atoms with van der Waals surface area (Å²) in [6, 6.07) is 10.9. The van der Waals surface area contributed by atoms with Crippen molar-refractivity contribution in [1.82, 2.24) is 9.71 Å². The van der Waals surface area contributed by atoms with Crippen molar-refractivity contribution < 1.29 is 8.42 Å². The molecule has 5 nitrogen and oxygen atoms in total. The summed E-state index contributed by atoms with van der Waals surface area (Å²) in [5, 5.41) is 0. The summed E-state index contributed by atoms with van der Waals surface area (Å²) in [6.45, 7) is 5.34. The van der Waals surface area contributed by atoms with Crippen molar-refractivity contribution in [2.45, 2.75) is 31.2 Å². The molecule has 1 aliphatic rings. The lowest BCUT2D eigenvalue weighted by Crippen LogP contribution is -2.37. The maximum Gasteiger partial charge on any atom is 0.240 e. The van der Waals surface area contributed by atoms with Crippen LogP contribution >= 0.6 is 0 Å². The van der Waals surface area contributed by atoms with Crippen LogP contribution in [0.15, 0.2) is 47.5 Å². The minimum absolute atomic E-state index is 0.0939. The van der Waals surface area contributed by atoms with Crippen molar-refractivity contribution in [3.8, 4) is 0 Å². The van der Waals surface area contributed by atoms with Gasteiger partial charge in [0, 0.05) is 25.3 Å². The number of sulfonamides is 1. The minimum Gasteiger partial charge on any atom is -0.355 e. The van der Waals surface area contributed by atoms with Gasteiger partial charge in [0.25, 0.3) is 0 Å². The molecular formula is C17H21N3O2S. The summed E-state index contributed by atoms with van der Waals surface area (Å²) >= 11 is 0.